The molecule has 0 aliphatic heterocycles. The Labute approximate surface area is 85.4 Å². The maximum absolute atomic E-state index is 11.6. The van der Waals surface area contributed by atoms with Gasteiger partial charge in [0.1, 0.15) is 0 Å². The van der Waals surface area contributed by atoms with Crippen LogP contribution in [0.1, 0.15) is 10.4 Å². The summed E-state index contributed by atoms with van der Waals surface area (Å²) in [7, 11) is 0. The van der Waals surface area contributed by atoms with E-state index in [0.29, 0.717) is 0 Å². The van der Waals surface area contributed by atoms with Crippen LogP contribution in [0.5, 0.6) is 0 Å². The fraction of sp³-hybridized carbons (Fsp3) is 0.222. The standard InChI is InChI=1S/C9H10N2O4/c10-9(5-12,8(14)15)7(13)6-2-1-3-11-4-6/h1-4,12H,5,10H2,(H,14,15)/t9-/m1/s1. The maximum Gasteiger partial charge on any atom is 0.334 e. The van der Waals surface area contributed by atoms with Crippen LogP contribution in [0.2, 0.25) is 0 Å². The molecule has 6 nitrogen and oxygen atoms in total. The molecule has 6 heteroatoms. The predicted octanol–water partition coefficient (Wildman–Crippen LogP) is -0.961. The number of carbonyl (C=O) groups is 2. The van der Waals surface area contributed by atoms with Crippen LogP contribution < -0.4 is 5.73 Å². The Morgan fingerprint density at radius 1 is 1.53 bits per heavy atom. The molecule has 0 aliphatic carbocycles. The van der Waals surface area contributed by atoms with Gasteiger partial charge < -0.3 is 15.9 Å². The summed E-state index contributed by atoms with van der Waals surface area (Å²) >= 11 is 0. The SMILES string of the molecule is N[C@@](CO)(C(=O)O)C(=O)c1cccnc1. The molecule has 0 fully saturated rings. The molecule has 0 saturated heterocycles. The fourth-order valence-electron chi connectivity index (χ4n) is 0.991. The van der Waals surface area contributed by atoms with Crippen molar-refractivity contribution in [3.8, 4) is 0 Å². The monoisotopic (exact) mass is 210 g/mol. The highest BCUT2D eigenvalue weighted by molar-refractivity contribution is 6.15. The molecule has 1 rings (SSSR count). The van der Waals surface area contributed by atoms with E-state index in [1.165, 1.54) is 24.5 Å². The van der Waals surface area contributed by atoms with Gasteiger partial charge in [0.25, 0.3) is 0 Å². The van der Waals surface area contributed by atoms with Gasteiger partial charge in [0.05, 0.1) is 6.61 Å². The van der Waals surface area contributed by atoms with Crippen LogP contribution in [0.15, 0.2) is 24.5 Å². The van der Waals surface area contributed by atoms with Crippen LogP contribution in [0.4, 0.5) is 0 Å². The summed E-state index contributed by atoms with van der Waals surface area (Å²) in [5.41, 5.74) is 3.04. The molecule has 1 atom stereocenters. The molecule has 0 amide bonds. The molecule has 1 aromatic heterocycles. The van der Waals surface area contributed by atoms with E-state index in [9.17, 15) is 9.59 Å². The number of pyridine rings is 1. The smallest absolute Gasteiger partial charge is 0.334 e. The van der Waals surface area contributed by atoms with Crippen LogP contribution in [0.3, 0.4) is 0 Å². The number of carboxylic acid groups (broad SMARTS) is 1. The Morgan fingerprint density at radius 3 is 2.60 bits per heavy atom. The summed E-state index contributed by atoms with van der Waals surface area (Å²) in [5, 5.41) is 17.6. The third-order valence-electron chi connectivity index (χ3n) is 1.96. The summed E-state index contributed by atoms with van der Waals surface area (Å²) in [6, 6.07) is 2.86. The Hall–Kier alpha value is -1.79. The van der Waals surface area contributed by atoms with E-state index in [1.807, 2.05) is 0 Å². The lowest BCUT2D eigenvalue weighted by Gasteiger charge is -2.19. The molecule has 15 heavy (non-hydrogen) atoms. The van der Waals surface area contributed by atoms with Crippen molar-refractivity contribution >= 4 is 11.8 Å². The fourth-order valence-corrected chi connectivity index (χ4v) is 0.991. The van der Waals surface area contributed by atoms with E-state index in [0.717, 1.165) is 0 Å². The van der Waals surface area contributed by atoms with Crippen molar-refractivity contribution in [2.45, 2.75) is 5.54 Å². The number of aliphatic hydroxyl groups is 1. The number of ketones is 1. The number of hydrogen-bond donors (Lipinski definition) is 3. The van der Waals surface area contributed by atoms with Crippen molar-refractivity contribution in [2.24, 2.45) is 5.73 Å². The summed E-state index contributed by atoms with van der Waals surface area (Å²) in [6.45, 7) is -0.962. The van der Waals surface area contributed by atoms with Crippen molar-refractivity contribution in [3.63, 3.8) is 0 Å². The second-order valence-corrected chi connectivity index (χ2v) is 3.01. The van der Waals surface area contributed by atoms with Crippen molar-refractivity contribution < 1.29 is 19.8 Å². The summed E-state index contributed by atoms with van der Waals surface area (Å²) in [4.78, 5) is 26.0. The highest BCUT2D eigenvalue weighted by Gasteiger charge is 2.42. The summed E-state index contributed by atoms with van der Waals surface area (Å²) in [5.74, 6) is -2.44. The zero-order valence-corrected chi connectivity index (χ0v) is 7.75. The normalized spacial score (nSPS) is 14.3. The first-order valence-corrected chi connectivity index (χ1v) is 4.10. The molecule has 0 unspecified atom stereocenters. The molecular weight excluding hydrogens is 200 g/mol. The van der Waals surface area contributed by atoms with Gasteiger partial charge in [-0.05, 0) is 12.1 Å². The number of aromatic nitrogens is 1. The Morgan fingerprint density at radius 2 is 2.20 bits per heavy atom. The van der Waals surface area contributed by atoms with Gasteiger partial charge in [0, 0.05) is 18.0 Å². The quantitative estimate of drug-likeness (QED) is 0.435. The van der Waals surface area contributed by atoms with E-state index in [2.05, 4.69) is 4.98 Å². The number of Topliss-reactive ketones (excluding diaryl/α,β-unsaturated/α-hetero) is 1. The molecule has 0 aromatic carbocycles. The van der Waals surface area contributed by atoms with Crippen LogP contribution in [0, 0.1) is 0 Å². The third-order valence-corrected chi connectivity index (χ3v) is 1.96. The number of hydrogen-bond acceptors (Lipinski definition) is 5. The molecule has 1 heterocycles. The van der Waals surface area contributed by atoms with Gasteiger partial charge in [0.2, 0.25) is 5.54 Å². The largest absolute Gasteiger partial charge is 0.479 e. The van der Waals surface area contributed by atoms with E-state index >= 15 is 0 Å². The minimum absolute atomic E-state index is 0.0523. The Kier molecular flexibility index (Phi) is 3.13. The van der Waals surface area contributed by atoms with Crippen molar-refractivity contribution in [3.05, 3.63) is 30.1 Å². The van der Waals surface area contributed by atoms with Crippen LogP contribution in [-0.2, 0) is 4.79 Å². The average molecular weight is 210 g/mol. The lowest BCUT2D eigenvalue weighted by molar-refractivity contribution is -0.142. The van der Waals surface area contributed by atoms with Crippen LogP contribution in [-0.4, -0.2) is 39.1 Å². The molecule has 80 valence electrons. The van der Waals surface area contributed by atoms with Gasteiger partial charge in [0.15, 0.2) is 5.78 Å². The topological polar surface area (TPSA) is 114 Å². The number of nitrogens with zero attached hydrogens (tertiary/aromatic N) is 1. The lowest BCUT2D eigenvalue weighted by atomic mass is 9.92. The second-order valence-electron chi connectivity index (χ2n) is 3.01. The number of nitrogens with two attached hydrogens (primary N) is 1. The number of carboxylic acids is 1. The summed E-state index contributed by atoms with van der Waals surface area (Å²) < 4.78 is 0. The molecule has 0 radical (unpaired) electrons. The zero-order valence-electron chi connectivity index (χ0n) is 7.75. The molecule has 0 spiro atoms. The molecule has 0 saturated carbocycles. The van der Waals surface area contributed by atoms with Crippen molar-refractivity contribution in [1.29, 1.82) is 0 Å². The predicted molar refractivity (Wildman–Crippen MR) is 50.2 cm³/mol. The van der Waals surface area contributed by atoms with E-state index in [4.69, 9.17) is 15.9 Å². The summed E-state index contributed by atoms with van der Waals surface area (Å²) in [6.07, 6.45) is 2.64. The number of rotatable bonds is 4. The van der Waals surface area contributed by atoms with Gasteiger partial charge in [-0.2, -0.15) is 0 Å². The van der Waals surface area contributed by atoms with Crippen LogP contribution >= 0.6 is 0 Å². The van der Waals surface area contributed by atoms with Crippen LogP contribution in [0.25, 0.3) is 0 Å². The number of aliphatic carboxylic acids is 1. The van der Waals surface area contributed by atoms with Crippen molar-refractivity contribution in [2.75, 3.05) is 6.61 Å². The molecule has 0 aliphatic rings. The molecule has 4 N–H and O–H groups in total. The highest BCUT2D eigenvalue weighted by atomic mass is 16.4. The highest BCUT2D eigenvalue weighted by Crippen LogP contribution is 2.10. The van der Waals surface area contributed by atoms with E-state index < -0.39 is 23.9 Å². The van der Waals surface area contributed by atoms with Crippen molar-refractivity contribution in [1.82, 2.24) is 4.98 Å². The average Bonchev–Trinajstić information content (AvgIpc) is 2.28. The number of carbonyl (C=O) groups excluding carboxylic acids is 1. The van der Waals surface area contributed by atoms with Gasteiger partial charge in [-0.25, -0.2) is 4.79 Å². The number of aliphatic hydroxyl groups excluding tert-OH is 1. The Bertz CT molecular complexity index is 379. The lowest BCUT2D eigenvalue weighted by Crippen LogP contribution is -2.57. The molecule has 0 bridgehead atoms. The molecule has 1 aromatic rings. The zero-order chi connectivity index (χ0) is 11.5. The minimum atomic E-state index is -2.30. The van der Waals surface area contributed by atoms with E-state index in [1.54, 1.807) is 0 Å². The van der Waals surface area contributed by atoms with Gasteiger partial charge in [-0.3, -0.25) is 9.78 Å². The Balaban J connectivity index is 3.08. The molecular formula is C9H10N2O4. The first-order valence-electron chi connectivity index (χ1n) is 4.10. The second kappa shape index (κ2) is 4.16. The van der Waals surface area contributed by atoms with E-state index in [-0.39, 0.29) is 5.56 Å². The maximum atomic E-state index is 11.6. The van der Waals surface area contributed by atoms with Gasteiger partial charge in [-0.1, -0.05) is 0 Å². The first kappa shape index (κ1) is 11.3. The van der Waals surface area contributed by atoms with Gasteiger partial charge >= 0.3 is 5.97 Å². The third kappa shape index (κ3) is 2.00. The minimum Gasteiger partial charge on any atom is -0.479 e. The first-order chi connectivity index (χ1) is 7.02. The van der Waals surface area contributed by atoms with Gasteiger partial charge in [-0.15, -0.1) is 0 Å².